The molecular weight excluding hydrogens is 265 g/mol. The molecule has 1 fully saturated rings. The summed E-state index contributed by atoms with van der Waals surface area (Å²) in [6.07, 6.45) is 2.87. The molecule has 0 radical (unpaired) electrons. The average Bonchev–Trinajstić information content (AvgIpc) is 2.44. The normalized spacial score (nSPS) is 16.1. The SMILES string of the molecule is Cc1ccc(C(=O)NC2(c3ccc(F)cc3)CCC2)cc1. The second kappa shape index (κ2) is 5.32. The number of aryl methyl sites for hydroxylation is 1. The molecule has 0 bridgehead atoms. The van der Waals surface area contributed by atoms with Gasteiger partial charge in [0.25, 0.3) is 5.91 Å². The van der Waals surface area contributed by atoms with Crippen LogP contribution in [0, 0.1) is 12.7 Å². The van der Waals surface area contributed by atoms with Crippen molar-refractivity contribution in [2.45, 2.75) is 31.7 Å². The zero-order valence-electron chi connectivity index (χ0n) is 12.0. The van der Waals surface area contributed by atoms with Gasteiger partial charge in [-0.3, -0.25) is 4.79 Å². The maximum atomic E-state index is 13.1. The molecular formula is C18H18FNO. The molecule has 3 rings (SSSR count). The van der Waals surface area contributed by atoms with Crippen molar-refractivity contribution >= 4 is 5.91 Å². The highest BCUT2D eigenvalue weighted by molar-refractivity contribution is 5.94. The van der Waals surface area contributed by atoms with Gasteiger partial charge in [0.2, 0.25) is 0 Å². The van der Waals surface area contributed by atoms with E-state index in [-0.39, 0.29) is 17.3 Å². The summed E-state index contributed by atoms with van der Waals surface area (Å²) in [4.78, 5) is 12.4. The summed E-state index contributed by atoms with van der Waals surface area (Å²) >= 11 is 0. The van der Waals surface area contributed by atoms with Crippen LogP contribution >= 0.6 is 0 Å². The van der Waals surface area contributed by atoms with Crippen LogP contribution in [0.3, 0.4) is 0 Å². The number of hydrogen-bond donors (Lipinski definition) is 1. The van der Waals surface area contributed by atoms with E-state index in [2.05, 4.69) is 5.32 Å². The molecule has 0 aliphatic heterocycles. The zero-order chi connectivity index (χ0) is 14.9. The third-order valence-corrected chi connectivity index (χ3v) is 4.27. The first-order valence-electron chi connectivity index (χ1n) is 7.24. The molecule has 0 unspecified atom stereocenters. The van der Waals surface area contributed by atoms with Gasteiger partial charge in [0.1, 0.15) is 5.82 Å². The fourth-order valence-corrected chi connectivity index (χ4v) is 2.78. The molecule has 1 N–H and O–H groups in total. The van der Waals surface area contributed by atoms with Gasteiger partial charge in [0, 0.05) is 5.56 Å². The standard InChI is InChI=1S/C18H18FNO/c1-13-3-5-14(6-4-13)17(21)20-18(11-2-12-18)15-7-9-16(19)10-8-15/h3-10H,2,11-12H2,1H3,(H,20,21). The fourth-order valence-electron chi connectivity index (χ4n) is 2.78. The van der Waals surface area contributed by atoms with Crippen LogP contribution in [0.15, 0.2) is 48.5 Å². The van der Waals surface area contributed by atoms with Crippen molar-refractivity contribution < 1.29 is 9.18 Å². The van der Waals surface area contributed by atoms with Crippen LogP contribution in [-0.4, -0.2) is 5.91 Å². The van der Waals surface area contributed by atoms with Crippen molar-refractivity contribution in [3.05, 3.63) is 71.0 Å². The van der Waals surface area contributed by atoms with Gasteiger partial charge in [0.05, 0.1) is 5.54 Å². The minimum absolute atomic E-state index is 0.0703. The molecule has 0 heterocycles. The third kappa shape index (κ3) is 2.68. The summed E-state index contributed by atoms with van der Waals surface area (Å²) in [6, 6.07) is 14.0. The lowest BCUT2D eigenvalue weighted by atomic mass is 9.71. The van der Waals surface area contributed by atoms with Gasteiger partial charge >= 0.3 is 0 Å². The summed E-state index contributed by atoms with van der Waals surface area (Å²) < 4.78 is 13.1. The Morgan fingerprint density at radius 2 is 1.67 bits per heavy atom. The molecule has 1 amide bonds. The summed E-state index contributed by atoms with van der Waals surface area (Å²) in [5.41, 5.74) is 2.43. The van der Waals surface area contributed by atoms with Crippen LogP contribution in [-0.2, 0) is 5.54 Å². The average molecular weight is 283 g/mol. The van der Waals surface area contributed by atoms with Crippen LogP contribution in [0.5, 0.6) is 0 Å². The summed E-state index contributed by atoms with van der Waals surface area (Å²) in [5.74, 6) is -0.322. The predicted molar refractivity (Wildman–Crippen MR) is 80.6 cm³/mol. The molecule has 3 heteroatoms. The van der Waals surface area contributed by atoms with Crippen LogP contribution < -0.4 is 5.32 Å². The van der Waals surface area contributed by atoms with Crippen molar-refractivity contribution in [1.82, 2.24) is 5.32 Å². The van der Waals surface area contributed by atoms with Gasteiger partial charge in [-0.2, -0.15) is 0 Å². The van der Waals surface area contributed by atoms with Gasteiger partial charge < -0.3 is 5.32 Å². The topological polar surface area (TPSA) is 29.1 Å². The minimum Gasteiger partial charge on any atom is -0.343 e. The molecule has 1 saturated carbocycles. The van der Waals surface area contributed by atoms with E-state index in [4.69, 9.17) is 0 Å². The molecule has 0 saturated heterocycles. The Morgan fingerprint density at radius 3 is 2.19 bits per heavy atom. The van der Waals surface area contributed by atoms with E-state index < -0.39 is 0 Å². The van der Waals surface area contributed by atoms with E-state index in [1.54, 1.807) is 12.1 Å². The van der Waals surface area contributed by atoms with Gasteiger partial charge in [-0.15, -0.1) is 0 Å². The molecule has 1 aliphatic rings. The van der Waals surface area contributed by atoms with E-state index >= 15 is 0 Å². The van der Waals surface area contributed by atoms with E-state index in [9.17, 15) is 9.18 Å². The lowest BCUT2D eigenvalue weighted by molar-refractivity contribution is 0.0823. The fraction of sp³-hybridized carbons (Fsp3) is 0.278. The summed E-state index contributed by atoms with van der Waals surface area (Å²) in [5, 5.41) is 3.14. The first kappa shape index (κ1) is 13.8. The molecule has 0 spiro atoms. The minimum atomic E-state index is -0.338. The number of carbonyl (C=O) groups excluding carboxylic acids is 1. The number of nitrogens with one attached hydrogen (secondary N) is 1. The highest BCUT2D eigenvalue weighted by Crippen LogP contribution is 2.41. The molecule has 1 aliphatic carbocycles. The number of benzene rings is 2. The third-order valence-electron chi connectivity index (χ3n) is 4.27. The van der Waals surface area contributed by atoms with E-state index in [1.807, 2.05) is 31.2 Å². The van der Waals surface area contributed by atoms with E-state index in [1.165, 1.54) is 12.1 Å². The Bertz CT molecular complexity index is 642. The maximum absolute atomic E-state index is 13.1. The van der Waals surface area contributed by atoms with E-state index in [0.717, 1.165) is 30.4 Å². The maximum Gasteiger partial charge on any atom is 0.251 e. The van der Waals surface area contributed by atoms with Crippen LogP contribution in [0.1, 0.15) is 40.7 Å². The van der Waals surface area contributed by atoms with Crippen molar-refractivity contribution in [3.63, 3.8) is 0 Å². The second-order valence-corrected chi connectivity index (χ2v) is 5.76. The van der Waals surface area contributed by atoms with Crippen LogP contribution in [0.25, 0.3) is 0 Å². The van der Waals surface area contributed by atoms with Gasteiger partial charge in [-0.25, -0.2) is 4.39 Å². The number of halogens is 1. The Hall–Kier alpha value is -2.16. The van der Waals surface area contributed by atoms with Crippen molar-refractivity contribution in [2.75, 3.05) is 0 Å². The first-order chi connectivity index (χ1) is 10.1. The lowest BCUT2D eigenvalue weighted by Gasteiger charge is -2.43. The Balaban J connectivity index is 1.82. The van der Waals surface area contributed by atoms with Crippen molar-refractivity contribution in [3.8, 4) is 0 Å². The quantitative estimate of drug-likeness (QED) is 0.908. The Morgan fingerprint density at radius 1 is 1.05 bits per heavy atom. The first-order valence-corrected chi connectivity index (χ1v) is 7.24. The molecule has 21 heavy (non-hydrogen) atoms. The number of rotatable bonds is 3. The van der Waals surface area contributed by atoms with Crippen LogP contribution in [0.2, 0.25) is 0 Å². The summed E-state index contributed by atoms with van der Waals surface area (Å²) in [6.45, 7) is 1.99. The Labute approximate surface area is 124 Å². The monoisotopic (exact) mass is 283 g/mol. The van der Waals surface area contributed by atoms with Gasteiger partial charge in [0.15, 0.2) is 0 Å². The van der Waals surface area contributed by atoms with E-state index in [0.29, 0.717) is 5.56 Å². The number of hydrogen-bond acceptors (Lipinski definition) is 1. The van der Waals surface area contributed by atoms with Gasteiger partial charge in [-0.05, 0) is 56.0 Å². The number of amides is 1. The van der Waals surface area contributed by atoms with Gasteiger partial charge in [-0.1, -0.05) is 29.8 Å². The molecule has 2 aromatic carbocycles. The zero-order valence-corrected chi connectivity index (χ0v) is 12.0. The molecule has 0 atom stereocenters. The predicted octanol–water partition coefficient (Wildman–Crippen LogP) is 3.94. The largest absolute Gasteiger partial charge is 0.343 e. The smallest absolute Gasteiger partial charge is 0.251 e. The van der Waals surface area contributed by atoms with Crippen molar-refractivity contribution in [1.29, 1.82) is 0 Å². The number of carbonyl (C=O) groups is 1. The molecule has 108 valence electrons. The molecule has 2 nitrogen and oxygen atoms in total. The van der Waals surface area contributed by atoms with Crippen LogP contribution in [0.4, 0.5) is 4.39 Å². The lowest BCUT2D eigenvalue weighted by Crippen LogP contribution is -2.50. The van der Waals surface area contributed by atoms with Crippen molar-refractivity contribution in [2.24, 2.45) is 0 Å². The molecule has 0 aromatic heterocycles. The highest BCUT2D eigenvalue weighted by atomic mass is 19.1. The molecule has 2 aromatic rings. The highest BCUT2D eigenvalue weighted by Gasteiger charge is 2.40. The summed E-state index contributed by atoms with van der Waals surface area (Å²) in [7, 11) is 0. The Kier molecular flexibility index (Phi) is 3.50. The second-order valence-electron chi connectivity index (χ2n) is 5.76.